The number of carbonyl (C=O) groups excluding carboxylic acids is 1. The number of fused-ring (bicyclic) bond motifs is 1. The number of nitrogens with one attached hydrogen (secondary N) is 2. The van der Waals surface area contributed by atoms with E-state index < -0.39 is 0 Å². The lowest BCUT2D eigenvalue weighted by Gasteiger charge is -2.23. The van der Waals surface area contributed by atoms with E-state index in [1.807, 2.05) is 30.5 Å². The molecule has 2 heterocycles. The first-order chi connectivity index (χ1) is 10.3. The Balaban J connectivity index is 1.61. The zero-order valence-corrected chi connectivity index (χ0v) is 12.1. The second-order valence-electron chi connectivity index (χ2n) is 5.64. The van der Waals surface area contributed by atoms with Gasteiger partial charge in [0, 0.05) is 41.3 Å². The Morgan fingerprint density at radius 3 is 3.14 bits per heavy atom. The van der Waals surface area contributed by atoms with Gasteiger partial charge in [-0.3, -0.25) is 9.78 Å². The van der Waals surface area contributed by atoms with Crippen LogP contribution in [0.15, 0.2) is 36.7 Å². The number of benzene rings is 1. The van der Waals surface area contributed by atoms with E-state index in [4.69, 9.17) is 0 Å². The molecule has 3 rings (SSSR count). The molecule has 1 unspecified atom stereocenters. The highest BCUT2D eigenvalue weighted by Crippen LogP contribution is 2.22. The summed E-state index contributed by atoms with van der Waals surface area (Å²) in [5, 5.41) is 8.59. The number of hydrogen-bond donors (Lipinski definition) is 2. The summed E-state index contributed by atoms with van der Waals surface area (Å²) in [6.07, 6.45) is 8.77. The number of pyridine rings is 1. The van der Waals surface area contributed by atoms with E-state index in [0.29, 0.717) is 12.5 Å². The number of anilines is 1. The normalized spacial score (nSPS) is 18.6. The van der Waals surface area contributed by atoms with Crippen molar-refractivity contribution >= 4 is 22.4 Å². The number of nitrogens with zero attached hydrogens (tertiary/aromatic N) is 1. The van der Waals surface area contributed by atoms with Crippen molar-refractivity contribution in [1.29, 1.82) is 0 Å². The summed E-state index contributed by atoms with van der Waals surface area (Å²) in [5.41, 5.74) is 0.872. The average molecular weight is 283 g/mol. The first-order valence-corrected chi connectivity index (χ1v) is 7.69. The van der Waals surface area contributed by atoms with E-state index in [2.05, 4.69) is 15.6 Å². The SMILES string of the molecule is O=C(CCC1CCCCN1)Nc1cccc2cnccc12. The predicted molar refractivity (Wildman–Crippen MR) is 85.2 cm³/mol. The molecular weight excluding hydrogens is 262 g/mol. The van der Waals surface area contributed by atoms with E-state index in [1.165, 1.54) is 19.3 Å². The topological polar surface area (TPSA) is 54.0 Å². The average Bonchev–Trinajstić information content (AvgIpc) is 2.54. The zero-order chi connectivity index (χ0) is 14.5. The van der Waals surface area contributed by atoms with Gasteiger partial charge in [0.2, 0.25) is 5.91 Å². The molecule has 110 valence electrons. The molecule has 1 aromatic heterocycles. The van der Waals surface area contributed by atoms with Crippen LogP contribution in [0.25, 0.3) is 10.8 Å². The molecule has 4 nitrogen and oxygen atoms in total. The molecule has 2 N–H and O–H groups in total. The fourth-order valence-corrected chi connectivity index (χ4v) is 2.92. The van der Waals surface area contributed by atoms with Gasteiger partial charge in [0.1, 0.15) is 0 Å². The molecule has 1 aliphatic heterocycles. The van der Waals surface area contributed by atoms with Gasteiger partial charge in [0.05, 0.1) is 0 Å². The van der Waals surface area contributed by atoms with Gasteiger partial charge >= 0.3 is 0 Å². The van der Waals surface area contributed by atoms with Crippen molar-refractivity contribution in [3.63, 3.8) is 0 Å². The minimum atomic E-state index is 0.0895. The molecule has 1 atom stereocenters. The maximum absolute atomic E-state index is 12.1. The van der Waals surface area contributed by atoms with Gasteiger partial charge in [0.15, 0.2) is 0 Å². The molecule has 1 fully saturated rings. The van der Waals surface area contributed by atoms with Gasteiger partial charge in [-0.1, -0.05) is 18.6 Å². The smallest absolute Gasteiger partial charge is 0.224 e. The lowest BCUT2D eigenvalue weighted by molar-refractivity contribution is -0.116. The monoisotopic (exact) mass is 283 g/mol. The molecule has 0 spiro atoms. The summed E-state index contributed by atoms with van der Waals surface area (Å²) in [6, 6.07) is 8.33. The van der Waals surface area contributed by atoms with Crippen LogP contribution in [-0.2, 0) is 4.79 Å². The number of aromatic nitrogens is 1. The Kier molecular flexibility index (Phi) is 4.46. The van der Waals surface area contributed by atoms with Crippen LogP contribution in [0, 0.1) is 0 Å². The molecule has 0 saturated carbocycles. The first kappa shape index (κ1) is 14.0. The Hall–Kier alpha value is -1.94. The van der Waals surface area contributed by atoms with Gasteiger partial charge in [0.25, 0.3) is 0 Å². The number of rotatable bonds is 4. The maximum Gasteiger partial charge on any atom is 0.224 e. The second kappa shape index (κ2) is 6.68. The van der Waals surface area contributed by atoms with Crippen LogP contribution in [0.5, 0.6) is 0 Å². The van der Waals surface area contributed by atoms with E-state index in [1.54, 1.807) is 6.20 Å². The standard InChI is InChI=1S/C17H21N3O/c21-17(8-7-14-5-1-2-10-19-14)20-16-6-3-4-13-12-18-11-9-15(13)16/h3-4,6,9,11-12,14,19H,1-2,5,7-8,10H2,(H,20,21). The quantitative estimate of drug-likeness (QED) is 0.906. The molecular formula is C17H21N3O. The third-order valence-corrected chi connectivity index (χ3v) is 4.09. The molecule has 1 aromatic carbocycles. The van der Waals surface area contributed by atoms with Gasteiger partial charge in [-0.25, -0.2) is 0 Å². The molecule has 0 bridgehead atoms. The Bertz CT molecular complexity index is 615. The Morgan fingerprint density at radius 2 is 2.29 bits per heavy atom. The van der Waals surface area contributed by atoms with E-state index >= 15 is 0 Å². The van der Waals surface area contributed by atoms with Crippen molar-refractivity contribution in [2.75, 3.05) is 11.9 Å². The van der Waals surface area contributed by atoms with E-state index in [9.17, 15) is 4.79 Å². The Labute approximate surface area is 125 Å². The van der Waals surface area contributed by atoms with Gasteiger partial charge in [-0.15, -0.1) is 0 Å². The van der Waals surface area contributed by atoms with Crippen LogP contribution in [0.4, 0.5) is 5.69 Å². The van der Waals surface area contributed by atoms with Crippen LogP contribution in [0.1, 0.15) is 32.1 Å². The highest BCUT2D eigenvalue weighted by atomic mass is 16.1. The summed E-state index contributed by atoms with van der Waals surface area (Å²) in [6.45, 7) is 1.09. The van der Waals surface area contributed by atoms with Crippen LogP contribution in [0.3, 0.4) is 0 Å². The maximum atomic E-state index is 12.1. The lowest BCUT2D eigenvalue weighted by Crippen LogP contribution is -2.34. The Morgan fingerprint density at radius 1 is 1.33 bits per heavy atom. The molecule has 4 heteroatoms. The summed E-state index contributed by atoms with van der Waals surface area (Å²) < 4.78 is 0. The molecule has 1 aliphatic rings. The highest BCUT2D eigenvalue weighted by molar-refractivity contribution is 6.01. The summed E-state index contributed by atoms with van der Waals surface area (Å²) in [5.74, 6) is 0.0895. The van der Waals surface area contributed by atoms with Crippen LogP contribution >= 0.6 is 0 Å². The predicted octanol–water partition coefficient (Wildman–Crippen LogP) is 3.10. The van der Waals surface area contributed by atoms with Crippen molar-refractivity contribution < 1.29 is 4.79 Å². The number of amides is 1. The fourth-order valence-electron chi connectivity index (χ4n) is 2.92. The van der Waals surface area contributed by atoms with Crippen molar-refractivity contribution in [1.82, 2.24) is 10.3 Å². The molecule has 1 saturated heterocycles. The fraction of sp³-hybridized carbons (Fsp3) is 0.412. The molecule has 2 aromatic rings. The van der Waals surface area contributed by atoms with Crippen molar-refractivity contribution in [2.24, 2.45) is 0 Å². The number of hydrogen-bond acceptors (Lipinski definition) is 3. The largest absolute Gasteiger partial charge is 0.326 e. The van der Waals surface area contributed by atoms with Crippen LogP contribution < -0.4 is 10.6 Å². The second-order valence-corrected chi connectivity index (χ2v) is 5.64. The first-order valence-electron chi connectivity index (χ1n) is 7.69. The number of piperidine rings is 1. The molecule has 0 radical (unpaired) electrons. The third kappa shape index (κ3) is 3.58. The summed E-state index contributed by atoms with van der Waals surface area (Å²) >= 11 is 0. The van der Waals surface area contributed by atoms with Crippen molar-refractivity contribution in [3.8, 4) is 0 Å². The van der Waals surface area contributed by atoms with Gasteiger partial charge in [-0.2, -0.15) is 0 Å². The highest BCUT2D eigenvalue weighted by Gasteiger charge is 2.14. The van der Waals surface area contributed by atoms with Gasteiger partial charge in [-0.05, 0) is 37.9 Å². The molecule has 0 aliphatic carbocycles. The van der Waals surface area contributed by atoms with Crippen LogP contribution in [-0.4, -0.2) is 23.5 Å². The zero-order valence-electron chi connectivity index (χ0n) is 12.1. The van der Waals surface area contributed by atoms with E-state index in [0.717, 1.165) is 29.4 Å². The van der Waals surface area contributed by atoms with Crippen molar-refractivity contribution in [2.45, 2.75) is 38.1 Å². The van der Waals surface area contributed by atoms with Crippen LogP contribution in [0.2, 0.25) is 0 Å². The third-order valence-electron chi connectivity index (χ3n) is 4.09. The lowest BCUT2D eigenvalue weighted by atomic mass is 10.0. The minimum absolute atomic E-state index is 0.0895. The molecule has 21 heavy (non-hydrogen) atoms. The summed E-state index contributed by atoms with van der Waals surface area (Å²) in [4.78, 5) is 16.3. The number of carbonyl (C=O) groups is 1. The molecule has 1 amide bonds. The van der Waals surface area contributed by atoms with Gasteiger partial charge < -0.3 is 10.6 Å². The minimum Gasteiger partial charge on any atom is -0.326 e. The van der Waals surface area contributed by atoms with E-state index in [-0.39, 0.29) is 5.91 Å². The van der Waals surface area contributed by atoms with Crippen molar-refractivity contribution in [3.05, 3.63) is 36.7 Å². The summed E-state index contributed by atoms with van der Waals surface area (Å²) in [7, 11) is 0.